The van der Waals surface area contributed by atoms with E-state index in [2.05, 4.69) is 29.6 Å². The largest absolute Gasteiger partial charge is 0.360 e. The minimum atomic E-state index is 0.00298. The predicted octanol–water partition coefficient (Wildman–Crippen LogP) is 0.536. The molecule has 1 amide bonds. The Labute approximate surface area is 89.2 Å². The first kappa shape index (κ1) is 11.7. The van der Waals surface area contributed by atoms with Crippen molar-refractivity contribution in [2.24, 2.45) is 5.92 Å². The molecule has 0 saturated heterocycles. The molecule has 0 aromatic carbocycles. The smallest absolute Gasteiger partial charge is 0.233 e. The van der Waals surface area contributed by atoms with Gasteiger partial charge in [0.05, 0.1) is 19.3 Å². The van der Waals surface area contributed by atoms with Gasteiger partial charge in [-0.15, -0.1) is 0 Å². The Morgan fingerprint density at radius 1 is 1.60 bits per heavy atom. The molecule has 0 aliphatic rings. The van der Waals surface area contributed by atoms with Crippen LogP contribution in [0, 0.1) is 5.92 Å². The van der Waals surface area contributed by atoms with E-state index in [0.29, 0.717) is 25.6 Å². The molecule has 0 atom stereocenters. The van der Waals surface area contributed by atoms with E-state index < -0.39 is 0 Å². The number of nitrogens with one attached hydrogen (secondary N) is 2. The highest BCUT2D eigenvalue weighted by molar-refractivity contribution is 5.77. The highest BCUT2D eigenvalue weighted by Gasteiger charge is 2.02. The SMILES string of the molecule is CC(C)CNC(=O)CNCc1ccno1. The minimum Gasteiger partial charge on any atom is -0.360 e. The second-order valence-electron chi connectivity index (χ2n) is 3.78. The Hall–Kier alpha value is -1.36. The Kier molecular flexibility index (Phi) is 4.83. The van der Waals surface area contributed by atoms with E-state index in [4.69, 9.17) is 4.52 Å². The fourth-order valence-electron chi connectivity index (χ4n) is 1.01. The van der Waals surface area contributed by atoms with Gasteiger partial charge in [-0.25, -0.2) is 0 Å². The fourth-order valence-corrected chi connectivity index (χ4v) is 1.01. The van der Waals surface area contributed by atoms with E-state index in [-0.39, 0.29) is 5.91 Å². The molecular formula is C10H17N3O2. The maximum absolute atomic E-state index is 11.3. The molecule has 5 heteroatoms. The Bertz CT molecular complexity index is 283. The van der Waals surface area contributed by atoms with Crippen LogP contribution in [0.1, 0.15) is 19.6 Å². The molecule has 1 rings (SSSR count). The third kappa shape index (κ3) is 5.17. The highest BCUT2D eigenvalue weighted by Crippen LogP contribution is 1.94. The van der Waals surface area contributed by atoms with Crippen LogP contribution in [0.2, 0.25) is 0 Å². The molecule has 0 spiro atoms. The molecule has 5 nitrogen and oxygen atoms in total. The van der Waals surface area contributed by atoms with E-state index in [1.54, 1.807) is 12.3 Å². The molecule has 1 aromatic heterocycles. The number of amides is 1. The number of nitrogens with zero attached hydrogens (tertiary/aromatic N) is 1. The van der Waals surface area contributed by atoms with Crippen molar-refractivity contribution < 1.29 is 9.32 Å². The normalized spacial score (nSPS) is 10.6. The molecule has 0 bridgehead atoms. The Balaban J connectivity index is 2.07. The van der Waals surface area contributed by atoms with Crippen molar-refractivity contribution in [2.45, 2.75) is 20.4 Å². The van der Waals surface area contributed by atoms with Crippen molar-refractivity contribution in [2.75, 3.05) is 13.1 Å². The molecule has 0 fully saturated rings. The summed E-state index contributed by atoms with van der Waals surface area (Å²) in [5.41, 5.74) is 0. The topological polar surface area (TPSA) is 67.2 Å². The lowest BCUT2D eigenvalue weighted by Gasteiger charge is -2.07. The molecule has 0 radical (unpaired) electrons. The maximum atomic E-state index is 11.3. The van der Waals surface area contributed by atoms with Crippen LogP contribution in [-0.4, -0.2) is 24.2 Å². The molecule has 0 aliphatic heterocycles. The first-order valence-corrected chi connectivity index (χ1v) is 5.05. The van der Waals surface area contributed by atoms with Gasteiger partial charge in [-0.3, -0.25) is 4.79 Å². The van der Waals surface area contributed by atoms with E-state index in [0.717, 1.165) is 5.76 Å². The van der Waals surface area contributed by atoms with E-state index >= 15 is 0 Å². The lowest BCUT2D eigenvalue weighted by Crippen LogP contribution is -2.35. The zero-order valence-electron chi connectivity index (χ0n) is 9.12. The molecule has 0 saturated carbocycles. The molecule has 2 N–H and O–H groups in total. The van der Waals surface area contributed by atoms with Crippen LogP contribution in [0.15, 0.2) is 16.8 Å². The molecule has 0 unspecified atom stereocenters. The average Bonchev–Trinajstić information content (AvgIpc) is 2.67. The minimum absolute atomic E-state index is 0.00298. The van der Waals surface area contributed by atoms with Gasteiger partial charge in [-0.05, 0) is 5.92 Å². The summed E-state index contributed by atoms with van der Waals surface area (Å²) in [5.74, 6) is 1.21. The molecule has 0 aliphatic carbocycles. The van der Waals surface area contributed by atoms with E-state index in [1.807, 2.05) is 0 Å². The summed E-state index contributed by atoms with van der Waals surface area (Å²) in [7, 11) is 0. The van der Waals surface area contributed by atoms with Crippen LogP contribution in [-0.2, 0) is 11.3 Å². The number of carbonyl (C=O) groups excluding carboxylic acids is 1. The van der Waals surface area contributed by atoms with Crippen LogP contribution >= 0.6 is 0 Å². The number of aromatic nitrogens is 1. The summed E-state index contributed by atoms with van der Waals surface area (Å²) in [4.78, 5) is 11.3. The van der Waals surface area contributed by atoms with Crippen molar-refractivity contribution in [3.05, 3.63) is 18.0 Å². The summed E-state index contributed by atoms with van der Waals surface area (Å²) in [6, 6.07) is 1.76. The summed E-state index contributed by atoms with van der Waals surface area (Å²) < 4.78 is 4.87. The zero-order valence-corrected chi connectivity index (χ0v) is 9.12. The van der Waals surface area contributed by atoms with Gasteiger partial charge in [0.25, 0.3) is 0 Å². The molecule has 1 aromatic rings. The monoisotopic (exact) mass is 211 g/mol. The first-order chi connectivity index (χ1) is 7.18. The van der Waals surface area contributed by atoms with Crippen LogP contribution in [0.5, 0.6) is 0 Å². The third-order valence-corrected chi connectivity index (χ3v) is 1.78. The molecule has 1 heterocycles. The second kappa shape index (κ2) is 6.19. The van der Waals surface area contributed by atoms with Crippen molar-refractivity contribution in [3.8, 4) is 0 Å². The van der Waals surface area contributed by atoms with Gasteiger partial charge in [0.2, 0.25) is 5.91 Å². The van der Waals surface area contributed by atoms with E-state index in [1.165, 1.54) is 0 Å². The molecule has 15 heavy (non-hydrogen) atoms. The third-order valence-electron chi connectivity index (χ3n) is 1.78. The van der Waals surface area contributed by atoms with Gasteiger partial charge >= 0.3 is 0 Å². The molecule has 84 valence electrons. The zero-order chi connectivity index (χ0) is 11.1. The second-order valence-corrected chi connectivity index (χ2v) is 3.78. The number of hydrogen-bond donors (Lipinski definition) is 2. The Morgan fingerprint density at radius 3 is 3.00 bits per heavy atom. The number of carbonyl (C=O) groups is 1. The number of hydrogen-bond acceptors (Lipinski definition) is 4. The lowest BCUT2D eigenvalue weighted by atomic mass is 10.2. The summed E-state index contributed by atoms with van der Waals surface area (Å²) in [5, 5.41) is 9.34. The van der Waals surface area contributed by atoms with E-state index in [9.17, 15) is 4.79 Å². The lowest BCUT2D eigenvalue weighted by molar-refractivity contribution is -0.120. The van der Waals surface area contributed by atoms with Crippen molar-refractivity contribution in [3.63, 3.8) is 0 Å². The summed E-state index contributed by atoms with van der Waals surface area (Å²) >= 11 is 0. The predicted molar refractivity (Wildman–Crippen MR) is 56.1 cm³/mol. The summed E-state index contributed by atoms with van der Waals surface area (Å²) in [6.07, 6.45) is 1.58. The van der Waals surface area contributed by atoms with Gasteiger partial charge < -0.3 is 15.2 Å². The first-order valence-electron chi connectivity index (χ1n) is 5.05. The van der Waals surface area contributed by atoms with Crippen molar-refractivity contribution >= 4 is 5.91 Å². The Morgan fingerprint density at radius 2 is 2.40 bits per heavy atom. The van der Waals surface area contributed by atoms with Crippen LogP contribution in [0.3, 0.4) is 0 Å². The van der Waals surface area contributed by atoms with Gasteiger partial charge in [0.15, 0.2) is 0 Å². The number of rotatable bonds is 6. The highest BCUT2D eigenvalue weighted by atomic mass is 16.5. The van der Waals surface area contributed by atoms with Gasteiger partial charge in [-0.2, -0.15) is 0 Å². The summed E-state index contributed by atoms with van der Waals surface area (Å²) in [6.45, 7) is 5.65. The van der Waals surface area contributed by atoms with Crippen LogP contribution in [0.25, 0.3) is 0 Å². The van der Waals surface area contributed by atoms with Crippen molar-refractivity contribution in [1.82, 2.24) is 15.8 Å². The maximum Gasteiger partial charge on any atom is 0.233 e. The average molecular weight is 211 g/mol. The molecular weight excluding hydrogens is 194 g/mol. The van der Waals surface area contributed by atoms with Gasteiger partial charge in [0, 0.05) is 12.6 Å². The fraction of sp³-hybridized carbons (Fsp3) is 0.600. The van der Waals surface area contributed by atoms with Gasteiger partial charge in [-0.1, -0.05) is 19.0 Å². The van der Waals surface area contributed by atoms with Gasteiger partial charge in [0.1, 0.15) is 5.76 Å². The van der Waals surface area contributed by atoms with Crippen molar-refractivity contribution in [1.29, 1.82) is 0 Å². The quantitative estimate of drug-likeness (QED) is 0.720. The van der Waals surface area contributed by atoms with Crippen LogP contribution < -0.4 is 10.6 Å². The van der Waals surface area contributed by atoms with Crippen LogP contribution in [0.4, 0.5) is 0 Å². The standard InChI is InChI=1S/C10H17N3O2/c1-8(2)5-12-10(14)7-11-6-9-3-4-13-15-9/h3-4,8,11H,5-7H2,1-2H3,(H,12,14).